The topological polar surface area (TPSA) is 58.6 Å². The van der Waals surface area contributed by atoms with E-state index in [1.54, 1.807) is 12.1 Å². The Morgan fingerprint density at radius 3 is 2.44 bits per heavy atom. The van der Waals surface area contributed by atoms with E-state index >= 15 is 0 Å². The second-order valence-electron chi connectivity index (χ2n) is 9.76. The van der Waals surface area contributed by atoms with Gasteiger partial charge in [-0.05, 0) is 78.6 Å². The highest BCUT2D eigenvalue weighted by molar-refractivity contribution is 6.31. The maximum absolute atomic E-state index is 12.5. The van der Waals surface area contributed by atoms with E-state index in [0.717, 1.165) is 35.5 Å². The normalized spacial score (nSPS) is 22.8. The molecule has 0 radical (unpaired) electrons. The number of nitrogens with one attached hydrogen (secondary N) is 1. The summed E-state index contributed by atoms with van der Waals surface area (Å²) in [6.07, 6.45) is 5.44. The second kappa shape index (κ2) is 10.3. The molecule has 3 aromatic carbocycles. The van der Waals surface area contributed by atoms with Crippen LogP contribution in [0.5, 0.6) is 0 Å². The Bertz CT molecular complexity index is 1290. The van der Waals surface area contributed by atoms with Crippen molar-refractivity contribution in [1.82, 2.24) is 0 Å². The SMILES string of the molecule is O=C(O)C1(Nc2cccc(Cl)c2)CCC2(CC1)C(COCCc1ccccc1Cl)=Cc1ccccc12. The Kier molecular flexibility index (Phi) is 7.11. The van der Waals surface area contributed by atoms with Gasteiger partial charge in [-0.15, -0.1) is 0 Å². The minimum absolute atomic E-state index is 0.212. The molecule has 6 heteroatoms. The van der Waals surface area contributed by atoms with Gasteiger partial charge in [-0.1, -0.05) is 77.8 Å². The minimum Gasteiger partial charge on any atom is -0.480 e. The van der Waals surface area contributed by atoms with Crippen LogP contribution < -0.4 is 5.32 Å². The molecule has 0 aromatic heterocycles. The van der Waals surface area contributed by atoms with Crippen LogP contribution >= 0.6 is 23.2 Å². The van der Waals surface area contributed by atoms with Crippen molar-refractivity contribution in [1.29, 1.82) is 0 Å². The molecule has 1 spiro atoms. The lowest BCUT2D eigenvalue weighted by atomic mass is 9.62. The van der Waals surface area contributed by atoms with Gasteiger partial charge < -0.3 is 15.2 Å². The Hall–Kier alpha value is -2.79. The number of anilines is 1. The fourth-order valence-electron chi connectivity index (χ4n) is 5.73. The molecular weight excluding hydrogens is 493 g/mol. The van der Waals surface area contributed by atoms with Crippen molar-refractivity contribution >= 4 is 40.9 Å². The molecule has 5 rings (SSSR count). The zero-order chi connectivity index (χ0) is 25.2. The molecular formula is C30H29Cl2NO3. The molecule has 0 bridgehead atoms. The van der Waals surface area contributed by atoms with E-state index in [-0.39, 0.29) is 5.41 Å². The van der Waals surface area contributed by atoms with Crippen LogP contribution in [0.2, 0.25) is 10.0 Å². The Morgan fingerprint density at radius 2 is 1.69 bits per heavy atom. The van der Waals surface area contributed by atoms with Crippen LogP contribution in [-0.4, -0.2) is 29.8 Å². The van der Waals surface area contributed by atoms with E-state index in [9.17, 15) is 9.90 Å². The summed E-state index contributed by atoms with van der Waals surface area (Å²) in [7, 11) is 0. The van der Waals surface area contributed by atoms with E-state index in [0.29, 0.717) is 31.1 Å². The predicted octanol–water partition coefficient (Wildman–Crippen LogP) is 7.40. The van der Waals surface area contributed by atoms with Gasteiger partial charge in [0, 0.05) is 21.1 Å². The third kappa shape index (κ3) is 4.78. The molecule has 0 amide bonds. The zero-order valence-corrected chi connectivity index (χ0v) is 21.5. The summed E-state index contributed by atoms with van der Waals surface area (Å²) in [5, 5.41) is 14.9. The van der Waals surface area contributed by atoms with E-state index in [2.05, 4.69) is 35.7 Å². The van der Waals surface area contributed by atoms with Gasteiger partial charge in [-0.25, -0.2) is 4.79 Å². The van der Waals surface area contributed by atoms with Gasteiger partial charge in [0.1, 0.15) is 5.54 Å². The van der Waals surface area contributed by atoms with Gasteiger partial charge >= 0.3 is 5.97 Å². The average Bonchev–Trinajstić information content (AvgIpc) is 3.17. The van der Waals surface area contributed by atoms with Crippen LogP contribution in [0.1, 0.15) is 42.4 Å². The smallest absolute Gasteiger partial charge is 0.329 e. The van der Waals surface area contributed by atoms with Gasteiger partial charge in [0.05, 0.1) is 13.2 Å². The third-order valence-electron chi connectivity index (χ3n) is 7.73. The quantitative estimate of drug-likeness (QED) is 0.303. The van der Waals surface area contributed by atoms with Crippen LogP contribution in [0.15, 0.2) is 78.4 Å². The number of hydrogen-bond acceptors (Lipinski definition) is 3. The van der Waals surface area contributed by atoms with Crippen molar-refractivity contribution in [3.63, 3.8) is 0 Å². The van der Waals surface area contributed by atoms with Crippen LogP contribution in [0.4, 0.5) is 5.69 Å². The second-order valence-corrected chi connectivity index (χ2v) is 10.6. The number of halogens is 2. The van der Waals surface area contributed by atoms with Crippen molar-refractivity contribution in [2.45, 2.75) is 43.1 Å². The first-order valence-corrected chi connectivity index (χ1v) is 13.1. The van der Waals surface area contributed by atoms with Crippen molar-refractivity contribution in [3.05, 3.63) is 105 Å². The van der Waals surface area contributed by atoms with Gasteiger partial charge in [0.25, 0.3) is 0 Å². The van der Waals surface area contributed by atoms with Crippen LogP contribution in [0, 0.1) is 0 Å². The monoisotopic (exact) mass is 521 g/mol. The summed E-state index contributed by atoms with van der Waals surface area (Å²) < 4.78 is 6.17. The molecule has 36 heavy (non-hydrogen) atoms. The molecule has 0 heterocycles. The standard InChI is InChI=1S/C30H29Cl2NO3/c31-24-8-5-9-25(19-24)33-30(28(34)35)15-13-29(14-16-30)23(18-22-7-1-3-10-26(22)29)20-36-17-12-21-6-2-4-11-27(21)32/h1-11,18-19,33H,12-17,20H2,(H,34,35). The summed E-state index contributed by atoms with van der Waals surface area (Å²) in [4.78, 5) is 12.5. The first-order valence-electron chi connectivity index (χ1n) is 12.3. The molecule has 1 saturated carbocycles. The highest BCUT2D eigenvalue weighted by Gasteiger charge is 2.51. The number of carboxylic acid groups (broad SMARTS) is 1. The van der Waals surface area contributed by atoms with Crippen LogP contribution in [-0.2, 0) is 21.4 Å². The molecule has 1 fully saturated rings. The molecule has 2 aliphatic rings. The molecule has 2 N–H and O–H groups in total. The van der Waals surface area contributed by atoms with E-state index < -0.39 is 11.5 Å². The molecule has 2 aliphatic carbocycles. The Labute approximate surface area is 221 Å². The number of carboxylic acids is 1. The molecule has 0 unspecified atom stereocenters. The molecule has 0 saturated heterocycles. The first-order chi connectivity index (χ1) is 17.4. The highest BCUT2D eigenvalue weighted by Crippen LogP contribution is 2.53. The summed E-state index contributed by atoms with van der Waals surface area (Å²) in [5.41, 5.74) is 4.26. The lowest BCUT2D eigenvalue weighted by Gasteiger charge is -2.45. The molecule has 0 aliphatic heterocycles. The maximum atomic E-state index is 12.5. The minimum atomic E-state index is -1.04. The fourth-order valence-corrected chi connectivity index (χ4v) is 6.15. The van der Waals surface area contributed by atoms with E-state index in [1.165, 1.54) is 16.7 Å². The van der Waals surface area contributed by atoms with Gasteiger partial charge in [0.15, 0.2) is 0 Å². The van der Waals surface area contributed by atoms with Crippen molar-refractivity contribution < 1.29 is 14.6 Å². The van der Waals surface area contributed by atoms with Crippen molar-refractivity contribution in [2.75, 3.05) is 18.5 Å². The number of rotatable bonds is 8. The number of ether oxygens (including phenoxy) is 1. The zero-order valence-electron chi connectivity index (χ0n) is 20.0. The lowest BCUT2D eigenvalue weighted by molar-refractivity contribution is -0.143. The highest BCUT2D eigenvalue weighted by atomic mass is 35.5. The van der Waals surface area contributed by atoms with Crippen LogP contribution in [0.3, 0.4) is 0 Å². The van der Waals surface area contributed by atoms with Gasteiger partial charge in [-0.3, -0.25) is 0 Å². The van der Waals surface area contributed by atoms with E-state index in [1.807, 2.05) is 36.4 Å². The Morgan fingerprint density at radius 1 is 0.944 bits per heavy atom. The molecule has 186 valence electrons. The largest absolute Gasteiger partial charge is 0.480 e. The molecule has 4 nitrogen and oxygen atoms in total. The fraction of sp³-hybridized carbons (Fsp3) is 0.300. The number of fused-ring (bicyclic) bond motifs is 2. The number of aliphatic carboxylic acids is 1. The first kappa shape index (κ1) is 24.9. The van der Waals surface area contributed by atoms with E-state index in [4.69, 9.17) is 27.9 Å². The van der Waals surface area contributed by atoms with Crippen LogP contribution in [0.25, 0.3) is 6.08 Å². The van der Waals surface area contributed by atoms with Gasteiger partial charge in [-0.2, -0.15) is 0 Å². The number of carbonyl (C=O) groups is 1. The summed E-state index contributed by atoms with van der Waals surface area (Å²) >= 11 is 12.5. The average molecular weight is 522 g/mol. The summed E-state index contributed by atoms with van der Waals surface area (Å²) in [6, 6.07) is 23.5. The molecule has 3 aromatic rings. The lowest BCUT2D eigenvalue weighted by Crippen LogP contribution is -2.52. The number of benzene rings is 3. The maximum Gasteiger partial charge on any atom is 0.329 e. The summed E-state index contributed by atoms with van der Waals surface area (Å²) in [6.45, 7) is 1.09. The van der Waals surface area contributed by atoms with Crippen molar-refractivity contribution in [2.24, 2.45) is 0 Å². The number of hydrogen-bond donors (Lipinski definition) is 2. The third-order valence-corrected chi connectivity index (χ3v) is 8.33. The van der Waals surface area contributed by atoms with Gasteiger partial charge in [0.2, 0.25) is 0 Å². The predicted molar refractivity (Wildman–Crippen MR) is 146 cm³/mol. The Balaban J connectivity index is 1.33. The van der Waals surface area contributed by atoms with Crippen molar-refractivity contribution in [3.8, 4) is 0 Å². The molecule has 0 atom stereocenters. The summed E-state index contributed by atoms with van der Waals surface area (Å²) in [5.74, 6) is -0.829.